The Morgan fingerprint density at radius 2 is 1.00 bits per heavy atom. The summed E-state index contributed by atoms with van der Waals surface area (Å²) in [6.07, 6.45) is 17.9. The molecule has 0 heterocycles. The molecule has 1 aromatic carbocycles. The Bertz CT molecular complexity index is 433. The third kappa shape index (κ3) is 8.94. The van der Waals surface area contributed by atoms with Crippen LogP contribution in [0.3, 0.4) is 0 Å². The topological polar surface area (TPSA) is 0 Å². The Kier molecular flexibility index (Phi) is 12.8. The van der Waals surface area contributed by atoms with Crippen LogP contribution < -0.4 is 3.58 Å². The van der Waals surface area contributed by atoms with Crippen molar-refractivity contribution < 1.29 is 0 Å². The van der Waals surface area contributed by atoms with Gasteiger partial charge in [-0.1, -0.05) is 0 Å². The van der Waals surface area contributed by atoms with Gasteiger partial charge in [-0.2, -0.15) is 0 Å². The van der Waals surface area contributed by atoms with Gasteiger partial charge in [0, 0.05) is 0 Å². The van der Waals surface area contributed by atoms with Crippen LogP contribution in [0.2, 0.25) is 13.3 Å². The molecule has 0 fully saturated rings. The molecule has 138 valence electrons. The zero-order valence-electron chi connectivity index (χ0n) is 16.2. The van der Waals surface area contributed by atoms with Crippen LogP contribution in [-0.4, -0.2) is 18.4 Å². The van der Waals surface area contributed by atoms with E-state index in [-0.39, 0.29) is 0 Å². The third-order valence-corrected chi connectivity index (χ3v) is 21.0. The molecule has 0 radical (unpaired) electrons. The summed E-state index contributed by atoms with van der Waals surface area (Å²) in [5, 5.41) is 0. The molecule has 0 atom stereocenters. The van der Waals surface area contributed by atoms with Gasteiger partial charge in [-0.15, -0.1) is 0 Å². The van der Waals surface area contributed by atoms with E-state index in [1.807, 2.05) is 0 Å². The molecule has 0 N–H and O–H groups in total. The minimum absolute atomic E-state index is 1.17. The molecule has 25 heavy (non-hydrogen) atoms. The molecular formula is C24H38Sn. The fourth-order valence-electron chi connectivity index (χ4n) is 3.86. The van der Waals surface area contributed by atoms with Gasteiger partial charge in [-0.05, 0) is 0 Å². The van der Waals surface area contributed by atoms with Crippen LogP contribution in [-0.2, 0) is 0 Å². The van der Waals surface area contributed by atoms with Gasteiger partial charge >= 0.3 is 161 Å². The molecule has 0 spiro atoms. The van der Waals surface area contributed by atoms with E-state index >= 15 is 0 Å². The van der Waals surface area contributed by atoms with E-state index in [4.69, 9.17) is 0 Å². The first-order valence-corrected chi connectivity index (χ1v) is 17.7. The van der Waals surface area contributed by atoms with Crippen molar-refractivity contribution in [3.8, 4) is 0 Å². The molecule has 0 nitrogen and oxygen atoms in total. The molecule has 0 aliphatic carbocycles. The summed E-state index contributed by atoms with van der Waals surface area (Å²) in [5.74, 6) is 0. The molecule has 0 amide bonds. The van der Waals surface area contributed by atoms with Gasteiger partial charge in [-0.3, -0.25) is 0 Å². The number of unbranched alkanes of at least 4 members (excludes halogenated alkanes) is 6. The predicted octanol–water partition coefficient (Wildman–Crippen LogP) is 7.41. The molecule has 1 aromatic rings. The van der Waals surface area contributed by atoms with Crippen molar-refractivity contribution in [2.24, 2.45) is 0 Å². The number of hydrogen-bond donors (Lipinski definition) is 0. The molecule has 1 heteroatoms. The second-order valence-corrected chi connectivity index (χ2v) is 20.5. The normalized spacial score (nSPS) is 11.2. The first kappa shape index (κ1) is 22.3. The van der Waals surface area contributed by atoms with Crippen molar-refractivity contribution in [2.45, 2.75) is 71.1 Å². The molecular weight excluding hydrogens is 407 g/mol. The molecule has 0 saturated heterocycles. The summed E-state index contributed by atoms with van der Waals surface area (Å²) in [6.45, 7) is 11.7. The van der Waals surface area contributed by atoms with Crippen molar-refractivity contribution in [2.75, 3.05) is 0 Å². The SMILES string of the molecule is C=CCCC[CH2][Sn]([CH2]CCCC=C)([CH2]CCCC=C)[c]1ccccc1. The van der Waals surface area contributed by atoms with Crippen LogP contribution in [0, 0.1) is 0 Å². The van der Waals surface area contributed by atoms with Crippen LogP contribution in [0.5, 0.6) is 0 Å². The fourth-order valence-corrected chi connectivity index (χ4v) is 19.0. The van der Waals surface area contributed by atoms with Gasteiger partial charge in [0.15, 0.2) is 0 Å². The molecule has 0 unspecified atom stereocenters. The van der Waals surface area contributed by atoms with E-state index in [0.29, 0.717) is 0 Å². The van der Waals surface area contributed by atoms with Gasteiger partial charge in [0.1, 0.15) is 0 Å². The Morgan fingerprint density at radius 1 is 0.600 bits per heavy atom. The number of rotatable bonds is 16. The quantitative estimate of drug-likeness (QED) is 0.141. The standard InChI is InChI=1S/C6H5.3C6H11.Sn/c1-2-4-6-5-3-1;3*1-3-5-6-4-2;/h1-5H;3*3H,1-2,4-6H2;. The number of hydrogen-bond acceptors (Lipinski definition) is 0. The van der Waals surface area contributed by atoms with E-state index in [1.165, 1.54) is 71.1 Å². The average Bonchev–Trinajstić information content (AvgIpc) is 2.66. The Balaban J connectivity index is 2.86. The van der Waals surface area contributed by atoms with Gasteiger partial charge in [0.2, 0.25) is 0 Å². The van der Waals surface area contributed by atoms with Crippen LogP contribution >= 0.6 is 0 Å². The second kappa shape index (κ2) is 14.4. The van der Waals surface area contributed by atoms with E-state index in [0.717, 1.165) is 0 Å². The molecule has 0 saturated carbocycles. The summed E-state index contributed by atoms with van der Waals surface area (Å²) in [5.41, 5.74) is 0. The van der Waals surface area contributed by atoms with Crippen LogP contribution in [0.4, 0.5) is 0 Å². The Labute approximate surface area is 161 Å². The average molecular weight is 445 g/mol. The summed E-state index contributed by atoms with van der Waals surface area (Å²) in [4.78, 5) is 0. The molecule has 0 aliphatic heterocycles. The summed E-state index contributed by atoms with van der Waals surface area (Å²) in [6, 6.07) is 11.6. The molecule has 0 bridgehead atoms. The van der Waals surface area contributed by atoms with Crippen LogP contribution in [0.25, 0.3) is 0 Å². The summed E-state index contributed by atoms with van der Waals surface area (Å²) in [7, 11) is 0. The first-order valence-electron chi connectivity index (χ1n) is 10.2. The van der Waals surface area contributed by atoms with Crippen molar-refractivity contribution in [1.29, 1.82) is 0 Å². The van der Waals surface area contributed by atoms with Crippen molar-refractivity contribution in [1.82, 2.24) is 0 Å². The zero-order chi connectivity index (χ0) is 18.2. The second-order valence-electron chi connectivity index (χ2n) is 7.25. The maximum absolute atomic E-state index is 3.89. The summed E-state index contributed by atoms with van der Waals surface area (Å²) < 4.78 is 6.28. The van der Waals surface area contributed by atoms with E-state index in [9.17, 15) is 0 Å². The van der Waals surface area contributed by atoms with Crippen molar-refractivity contribution in [3.05, 3.63) is 68.3 Å². The predicted molar refractivity (Wildman–Crippen MR) is 118 cm³/mol. The van der Waals surface area contributed by atoms with Gasteiger partial charge in [-0.25, -0.2) is 0 Å². The maximum atomic E-state index is 3.89. The van der Waals surface area contributed by atoms with E-state index in [1.54, 1.807) is 3.58 Å². The third-order valence-electron chi connectivity index (χ3n) is 5.33. The van der Waals surface area contributed by atoms with Crippen molar-refractivity contribution in [3.63, 3.8) is 0 Å². The molecule has 0 aromatic heterocycles. The molecule has 1 rings (SSSR count). The van der Waals surface area contributed by atoms with Gasteiger partial charge < -0.3 is 0 Å². The first-order chi connectivity index (χ1) is 12.3. The Hall–Kier alpha value is -0.761. The fraction of sp³-hybridized carbons (Fsp3) is 0.500. The van der Waals surface area contributed by atoms with Crippen LogP contribution in [0.15, 0.2) is 68.3 Å². The summed E-state index contributed by atoms with van der Waals surface area (Å²) >= 11 is -2.33. The zero-order valence-corrected chi connectivity index (χ0v) is 19.1. The Morgan fingerprint density at radius 3 is 1.36 bits per heavy atom. The van der Waals surface area contributed by atoms with Crippen molar-refractivity contribution >= 4 is 22.0 Å². The van der Waals surface area contributed by atoms with Gasteiger partial charge in [0.05, 0.1) is 0 Å². The number of benzene rings is 1. The van der Waals surface area contributed by atoms with E-state index < -0.39 is 18.4 Å². The number of allylic oxidation sites excluding steroid dienone is 3. The molecule has 0 aliphatic rings. The van der Waals surface area contributed by atoms with Crippen LogP contribution in [0.1, 0.15) is 57.8 Å². The van der Waals surface area contributed by atoms with E-state index in [2.05, 4.69) is 68.3 Å². The monoisotopic (exact) mass is 446 g/mol. The van der Waals surface area contributed by atoms with Gasteiger partial charge in [0.25, 0.3) is 0 Å². The minimum atomic E-state index is -2.33.